The lowest BCUT2D eigenvalue weighted by Gasteiger charge is -2.13. The molecule has 1 aromatic heterocycles. The van der Waals surface area contributed by atoms with Crippen molar-refractivity contribution in [3.8, 4) is 11.5 Å². The van der Waals surface area contributed by atoms with Crippen LogP contribution in [0.2, 0.25) is 0 Å². The zero-order chi connectivity index (χ0) is 30.9. The van der Waals surface area contributed by atoms with E-state index in [4.69, 9.17) is 14.5 Å². The molecule has 0 spiro atoms. The Balaban J connectivity index is 1.38. The highest BCUT2D eigenvalue weighted by atomic mass is 32.1. The number of para-hydroxylation sites is 1. The van der Waals surface area contributed by atoms with E-state index in [-0.39, 0.29) is 18.4 Å². The second-order valence-electron chi connectivity index (χ2n) is 11.0. The van der Waals surface area contributed by atoms with Crippen LogP contribution in [0, 0.1) is 13.8 Å². The molecule has 0 aliphatic heterocycles. The molecule has 2 amide bonds. The molecule has 0 bridgehead atoms. The minimum atomic E-state index is -0.260. The highest BCUT2D eigenvalue weighted by Gasteiger charge is 2.24. The standard InChI is InChI=1S/C36H39N3O4S/c1-4-42-31-21-26(18-19-30(31)43-23-33(40)38-27-12-8-7-9-13-27)22-37-36-34(28-14-10-5-6-11-15-32(28)44-36)35(41)39-29-20-24(2)16-17-25(29)3/h7-9,12-13,16-22H,4-6,10-11,14-15,23H2,1-3H3,(H,38,40)(H,39,41). The van der Waals surface area contributed by atoms with Gasteiger partial charge in [-0.15, -0.1) is 11.3 Å². The van der Waals surface area contributed by atoms with Crippen LogP contribution in [0.25, 0.3) is 0 Å². The number of carbonyl (C=O) groups excluding carboxylic acids is 2. The fourth-order valence-electron chi connectivity index (χ4n) is 5.27. The van der Waals surface area contributed by atoms with E-state index >= 15 is 0 Å². The van der Waals surface area contributed by atoms with Crippen molar-refractivity contribution in [1.29, 1.82) is 0 Å². The maximum Gasteiger partial charge on any atom is 0.262 e. The van der Waals surface area contributed by atoms with Gasteiger partial charge in [-0.2, -0.15) is 0 Å². The van der Waals surface area contributed by atoms with E-state index in [1.165, 1.54) is 17.7 Å². The van der Waals surface area contributed by atoms with Crippen LogP contribution in [-0.4, -0.2) is 31.2 Å². The Kier molecular flexibility index (Phi) is 10.5. The molecule has 3 aromatic carbocycles. The summed E-state index contributed by atoms with van der Waals surface area (Å²) in [6.45, 7) is 6.22. The summed E-state index contributed by atoms with van der Waals surface area (Å²) >= 11 is 1.62. The molecule has 5 rings (SSSR count). The highest BCUT2D eigenvalue weighted by molar-refractivity contribution is 7.16. The third-order valence-corrected chi connectivity index (χ3v) is 8.74. The van der Waals surface area contributed by atoms with Gasteiger partial charge in [0.2, 0.25) is 0 Å². The molecule has 0 saturated heterocycles. The summed E-state index contributed by atoms with van der Waals surface area (Å²) in [5.74, 6) is 0.621. The first-order valence-electron chi connectivity index (χ1n) is 15.2. The summed E-state index contributed by atoms with van der Waals surface area (Å²) in [5.41, 5.74) is 6.27. The number of nitrogens with zero attached hydrogens (tertiary/aromatic N) is 1. The molecule has 4 aromatic rings. The predicted molar refractivity (Wildman–Crippen MR) is 179 cm³/mol. The van der Waals surface area contributed by atoms with Gasteiger partial charge in [0.1, 0.15) is 5.00 Å². The molecule has 8 heteroatoms. The minimum absolute atomic E-state index is 0.114. The van der Waals surface area contributed by atoms with E-state index in [1.807, 2.05) is 81.4 Å². The fourth-order valence-corrected chi connectivity index (χ4v) is 6.50. The number of carbonyl (C=O) groups is 2. The summed E-state index contributed by atoms with van der Waals surface area (Å²) in [6, 6.07) is 20.8. The van der Waals surface area contributed by atoms with E-state index < -0.39 is 0 Å². The second-order valence-corrected chi connectivity index (χ2v) is 12.1. The number of amides is 2. The van der Waals surface area contributed by atoms with Crippen molar-refractivity contribution >= 4 is 45.7 Å². The number of ether oxygens (including phenoxy) is 2. The molecule has 1 aliphatic carbocycles. The van der Waals surface area contributed by atoms with Crippen molar-refractivity contribution in [2.75, 3.05) is 23.8 Å². The number of benzene rings is 3. The van der Waals surface area contributed by atoms with Crippen LogP contribution in [0.1, 0.15) is 70.1 Å². The number of aliphatic imine (C=N–C) groups is 1. The van der Waals surface area contributed by atoms with Gasteiger partial charge in [0.05, 0.1) is 12.2 Å². The molecule has 1 heterocycles. The summed E-state index contributed by atoms with van der Waals surface area (Å²) in [6.07, 6.45) is 8.20. The molecule has 0 unspecified atom stereocenters. The average molecular weight is 610 g/mol. The van der Waals surface area contributed by atoms with Gasteiger partial charge in [-0.3, -0.25) is 9.59 Å². The van der Waals surface area contributed by atoms with Gasteiger partial charge < -0.3 is 20.1 Å². The number of fused-ring (bicyclic) bond motifs is 1. The van der Waals surface area contributed by atoms with Crippen LogP contribution in [0.5, 0.6) is 11.5 Å². The van der Waals surface area contributed by atoms with Gasteiger partial charge in [-0.25, -0.2) is 4.99 Å². The molecule has 228 valence electrons. The van der Waals surface area contributed by atoms with Crippen LogP contribution in [-0.2, 0) is 17.6 Å². The van der Waals surface area contributed by atoms with Crippen molar-refractivity contribution in [3.05, 3.63) is 99.4 Å². The lowest BCUT2D eigenvalue weighted by atomic mass is 9.96. The van der Waals surface area contributed by atoms with Gasteiger partial charge in [0.15, 0.2) is 18.1 Å². The normalized spacial score (nSPS) is 13.1. The third kappa shape index (κ3) is 7.94. The first-order valence-corrected chi connectivity index (χ1v) is 16.0. The number of thiophene rings is 1. The molecule has 7 nitrogen and oxygen atoms in total. The minimum Gasteiger partial charge on any atom is -0.490 e. The largest absolute Gasteiger partial charge is 0.490 e. The zero-order valence-electron chi connectivity index (χ0n) is 25.6. The molecule has 2 N–H and O–H groups in total. The smallest absolute Gasteiger partial charge is 0.262 e. The van der Waals surface area contributed by atoms with Gasteiger partial charge in [0.25, 0.3) is 11.8 Å². The molecule has 0 fully saturated rings. The van der Waals surface area contributed by atoms with Crippen LogP contribution in [0.4, 0.5) is 16.4 Å². The molecule has 0 atom stereocenters. The monoisotopic (exact) mass is 609 g/mol. The zero-order valence-corrected chi connectivity index (χ0v) is 26.4. The van der Waals surface area contributed by atoms with Gasteiger partial charge in [-0.1, -0.05) is 43.2 Å². The first-order chi connectivity index (χ1) is 21.4. The Hall–Kier alpha value is -4.43. The lowest BCUT2D eigenvalue weighted by molar-refractivity contribution is -0.118. The van der Waals surface area contributed by atoms with Gasteiger partial charge in [0, 0.05) is 22.5 Å². The van der Waals surface area contributed by atoms with Crippen LogP contribution >= 0.6 is 11.3 Å². The van der Waals surface area contributed by atoms with E-state index in [1.54, 1.807) is 23.6 Å². The quantitative estimate of drug-likeness (QED) is 0.177. The van der Waals surface area contributed by atoms with Gasteiger partial charge >= 0.3 is 0 Å². The van der Waals surface area contributed by atoms with Crippen LogP contribution < -0.4 is 20.1 Å². The maximum atomic E-state index is 13.8. The second kappa shape index (κ2) is 14.8. The first kappa shape index (κ1) is 31.0. The van der Waals surface area contributed by atoms with Crippen LogP contribution in [0.15, 0.2) is 71.7 Å². The van der Waals surface area contributed by atoms with E-state index in [2.05, 4.69) is 10.6 Å². The van der Waals surface area contributed by atoms with Crippen molar-refractivity contribution < 1.29 is 19.1 Å². The Morgan fingerprint density at radius 2 is 1.68 bits per heavy atom. The fraction of sp³-hybridized carbons (Fsp3) is 0.306. The maximum absolute atomic E-state index is 13.8. The Morgan fingerprint density at radius 3 is 2.48 bits per heavy atom. The number of aryl methyl sites for hydroxylation is 3. The van der Waals surface area contributed by atoms with E-state index in [0.29, 0.717) is 29.4 Å². The number of hydrogen-bond donors (Lipinski definition) is 2. The summed E-state index contributed by atoms with van der Waals surface area (Å²) in [7, 11) is 0. The number of rotatable bonds is 10. The van der Waals surface area contributed by atoms with E-state index in [0.717, 1.165) is 58.6 Å². The Bertz CT molecular complexity index is 1640. The number of anilines is 2. The van der Waals surface area contributed by atoms with Crippen molar-refractivity contribution in [2.45, 2.75) is 59.3 Å². The lowest BCUT2D eigenvalue weighted by Crippen LogP contribution is -2.20. The SMILES string of the molecule is CCOc1cc(C=Nc2sc3c(c2C(=O)Nc2cc(C)ccc2C)CCCCCC3)ccc1OCC(=O)Nc1ccccc1. The van der Waals surface area contributed by atoms with Crippen molar-refractivity contribution in [2.24, 2.45) is 4.99 Å². The summed E-state index contributed by atoms with van der Waals surface area (Å²) in [4.78, 5) is 32.4. The molecular formula is C36H39N3O4S. The topological polar surface area (TPSA) is 89.0 Å². The number of nitrogens with one attached hydrogen (secondary N) is 2. The summed E-state index contributed by atoms with van der Waals surface area (Å²) < 4.78 is 11.7. The van der Waals surface area contributed by atoms with Crippen molar-refractivity contribution in [3.63, 3.8) is 0 Å². The highest BCUT2D eigenvalue weighted by Crippen LogP contribution is 2.40. The van der Waals surface area contributed by atoms with Gasteiger partial charge in [-0.05, 0) is 105 Å². The molecule has 44 heavy (non-hydrogen) atoms. The summed E-state index contributed by atoms with van der Waals surface area (Å²) in [5, 5.41) is 6.71. The molecular weight excluding hydrogens is 570 g/mol. The predicted octanol–water partition coefficient (Wildman–Crippen LogP) is 8.44. The number of hydrogen-bond acceptors (Lipinski definition) is 6. The van der Waals surface area contributed by atoms with Crippen molar-refractivity contribution in [1.82, 2.24) is 0 Å². The Labute approximate surface area is 263 Å². The third-order valence-electron chi connectivity index (χ3n) is 7.54. The average Bonchev–Trinajstić information content (AvgIpc) is 3.34. The molecule has 1 aliphatic rings. The molecule has 0 saturated carbocycles. The Morgan fingerprint density at radius 1 is 0.886 bits per heavy atom. The molecule has 0 radical (unpaired) electrons. The van der Waals surface area contributed by atoms with Crippen LogP contribution in [0.3, 0.4) is 0 Å². The van der Waals surface area contributed by atoms with E-state index in [9.17, 15) is 9.59 Å².